The van der Waals surface area contributed by atoms with Crippen molar-refractivity contribution in [2.45, 2.75) is 39.8 Å². The van der Waals surface area contributed by atoms with Gasteiger partial charge in [-0.05, 0) is 31.5 Å². The standard InChI is InChI=1S/C26H32N6O2/c1-3-22-27-19(2)24-26(34)31(21-10-11-23(33)28-25(21)32(22)24)13-7-12-29-14-16-30(17-15-29)18-20-8-5-4-6-9-20/h4-6,8-11H,3,7,12-18H2,1-2H3,(H,28,33). The van der Waals surface area contributed by atoms with E-state index >= 15 is 0 Å². The molecule has 34 heavy (non-hydrogen) atoms. The molecule has 0 unspecified atom stereocenters. The maximum Gasteiger partial charge on any atom is 0.277 e. The van der Waals surface area contributed by atoms with E-state index in [-0.39, 0.29) is 11.1 Å². The maximum atomic E-state index is 13.5. The lowest BCUT2D eigenvalue weighted by molar-refractivity contribution is 0.125. The lowest BCUT2D eigenvalue weighted by Crippen LogP contribution is -2.46. The predicted molar refractivity (Wildman–Crippen MR) is 134 cm³/mol. The second kappa shape index (κ2) is 9.56. The highest BCUT2D eigenvalue weighted by Gasteiger charge is 2.19. The number of benzene rings is 1. The molecule has 0 bridgehead atoms. The molecule has 8 nitrogen and oxygen atoms in total. The fraction of sp³-hybridized carbons (Fsp3) is 0.423. The molecule has 1 saturated heterocycles. The molecule has 1 aliphatic heterocycles. The van der Waals surface area contributed by atoms with Crippen molar-refractivity contribution in [1.29, 1.82) is 0 Å². The number of fused-ring (bicyclic) bond motifs is 3. The van der Waals surface area contributed by atoms with E-state index < -0.39 is 0 Å². The summed E-state index contributed by atoms with van der Waals surface area (Å²) in [5.74, 6) is 0.789. The van der Waals surface area contributed by atoms with Crippen LogP contribution in [0.5, 0.6) is 0 Å². The lowest BCUT2D eigenvalue weighted by atomic mass is 10.2. The van der Waals surface area contributed by atoms with Crippen LogP contribution in [0.15, 0.2) is 52.1 Å². The molecule has 1 aromatic carbocycles. The zero-order valence-corrected chi connectivity index (χ0v) is 20.0. The minimum atomic E-state index is -0.180. The summed E-state index contributed by atoms with van der Waals surface area (Å²) in [6.07, 6.45) is 1.55. The molecule has 5 rings (SSSR count). The van der Waals surface area contributed by atoms with Crippen molar-refractivity contribution >= 4 is 16.7 Å². The van der Waals surface area contributed by atoms with Gasteiger partial charge in [-0.2, -0.15) is 0 Å². The molecule has 0 radical (unpaired) electrons. The smallest absolute Gasteiger partial charge is 0.277 e. The van der Waals surface area contributed by atoms with Crippen molar-refractivity contribution in [3.63, 3.8) is 0 Å². The number of aromatic nitrogens is 4. The van der Waals surface area contributed by atoms with E-state index in [1.807, 2.05) is 18.2 Å². The Balaban J connectivity index is 1.30. The molecule has 1 fully saturated rings. The largest absolute Gasteiger partial charge is 0.306 e. The number of hydrogen-bond donors (Lipinski definition) is 1. The van der Waals surface area contributed by atoms with Crippen LogP contribution in [0.1, 0.15) is 30.4 Å². The molecule has 178 valence electrons. The van der Waals surface area contributed by atoms with Gasteiger partial charge in [0.25, 0.3) is 5.56 Å². The number of H-pyrrole nitrogens is 1. The van der Waals surface area contributed by atoms with Crippen LogP contribution in [0.2, 0.25) is 0 Å². The van der Waals surface area contributed by atoms with Gasteiger partial charge in [0.1, 0.15) is 17.0 Å². The molecule has 0 atom stereocenters. The van der Waals surface area contributed by atoms with Crippen LogP contribution in [-0.2, 0) is 19.5 Å². The number of nitrogens with one attached hydrogen (secondary N) is 1. The summed E-state index contributed by atoms with van der Waals surface area (Å²) in [4.78, 5) is 38.1. The molecule has 8 heteroatoms. The van der Waals surface area contributed by atoms with Gasteiger partial charge in [0.2, 0.25) is 5.56 Å². The third-order valence-corrected chi connectivity index (χ3v) is 6.85. The van der Waals surface area contributed by atoms with E-state index in [1.165, 1.54) is 11.6 Å². The summed E-state index contributed by atoms with van der Waals surface area (Å²) < 4.78 is 3.64. The SMILES string of the molecule is CCc1nc(C)c2c(=O)n(CCCN3CCN(Cc4ccccc4)CC3)c3ccc(=O)[nH]c3n12. The van der Waals surface area contributed by atoms with E-state index in [9.17, 15) is 9.59 Å². The van der Waals surface area contributed by atoms with Crippen molar-refractivity contribution < 1.29 is 0 Å². The van der Waals surface area contributed by atoms with Crippen LogP contribution in [0, 0.1) is 6.92 Å². The van der Waals surface area contributed by atoms with Crippen LogP contribution < -0.4 is 11.1 Å². The van der Waals surface area contributed by atoms with Gasteiger partial charge in [-0.25, -0.2) is 4.98 Å². The zero-order chi connectivity index (χ0) is 23.7. The molecule has 0 aliphatic carbocycles. The summed E-state index contributed by atoms with van der Waals surface area (Å²) in [5.41, 5.74) is 3.79. The van der Waals surface area contributed by atoms with Gasteiger partial charge >= 0.3 is 0 Å². The molecular weight excluding hydrogens is 428 g/mol. The molecule has 4 aromatic rings. The van der Waals surface area contributed by atoms with Crippen molar-refractivity contribution in [2.75, 3.05) is 32.7 Å². The first-order chi connectivity index (χ1) is 16.5. The van der Waals surface area contributed by atoms with Gasteiger partial charge in [0, 0.05) is 51.8 Å². The Labute approximate surface area is 198 Å². The second-order valence-electron chi connectivity index (χ2n) is 9.12. The molecule has 1 N–H and O–H groups in total. The first kappa shape index (κ1) is 22.6. The van der Waals surface area contributed by atoms with E-state index in [4.69, 9.17) is 0 Å². The summed E-state index contributed by atoms with van der Waals surface area (Å²) in [7, 11) is 0. The van der Waals surface area contributed by atoms with Crippen LogP contribution in [0.3, 0.4) is 0 Å². The fourth-order valence-corrected chi connectivity index (χ4v) is 5.08. The van der Waals surface area contributed by atoms with Gasteiger partial charge < -0.3 is 14.5 Å². The van der Waals surface area contributed by atoms with Gasteiger partial charge in [-0.1, -0.05) is 37.3 Å². The van der Waals surface area contributed by atoms with E-state index in [0.29, 0.717) is 29.8 Å². The monoisotopic (exact) mass is 460 g/mol. The Hall–Kier alpha value is -3.23. The minimum Gasteiger partial charge on any atom is -0.306 e. The molecular formula is C26H32N6O2. The van der Waals surface area contributed by atoms with E-state index in [0.717, 1.165) is 57.0 Å². The highest BCUT2D eigenvalue weighted by Crippen LogP contribution is 2.17. The third-order valence-electron chi connectivity index (χ3n) is 6.85. The van der Waals surface area contributed by atoms with Crippen LogP contribution >= 0.6 is 0 Å². The molecule has 1 aliphatic rings. The number of hydrogen-bond acceptors (Lipinski definition) is 5. The number of piperazine rings is 1. The number of rotatable bonds is 7. The normalized spacial score (nSPS) is 15.5. The first-order valence-electron chi connectivity index (χ1n) is 12.2. The summed E-state index contributed by atoms with van der Waals surface area (Å²) in [6.45, 7) is 10.6. The molecule has 3 aromatic heterocycles. The average molecular weight is 461 g/mol. The number of aromatic amines is 1. The van der Waals surface area contributed by atoms with Crippen molar-refractivity contribution in [1.82, 2.24) is 28.7 Å². The Morgan fingerprint density at radius 3 is 2.41 bits per heavy atom. The average Bonchev–Trinajstić information content (AvgIpc) is 3.19. The third kappa shape index (κ3) is 4.31. The second-order valence-corrected chi connectivity index (χ2v) is 9.12. The predicted octanol–water partition coefficient (Wildman–Crippen LogP) is 2.42. The highest BCUT2D eigenvalue weighted by atomic mass is 16.1. The van der Waals surface area contributed by atoms with Gasteiger partial charge in [-0.15, -0.1) is 0 Å². The number of imidazole rings is 1. The Morgan fingerprint density at radius 1 is 0.941 bits per heavy atom. The van der Waals surface area contributed by atoms with Gasteiger partial charge in [0.05, 0.1) is 11.2 Å². The van der Waals surface area contributed by atoms with Crippen LogP contribution in [0.4, 0.5) is 0 Å². The summed E-state index contributed by atoms with van der Waals surface area (Å²) in [6, 6.07) is 13.9. The fourth-order valence-electron chi connectivity index (χ4n) is 5.08. The maximum absolute atomic E-state index is 13.5. The quantitative estimate of drug-likeness (QED) is 0.458. The Kier molecular flexibility index (Phi) is 6.34. The van der Waals surface area contributed by atoms with Crippen LogP contribution in [-0.4, -0.2) is 61.5 Å². The van der Waals surface area contributed by atoms with Gasteiger partial charge in [0.15, 0.2) is 0 Å². The first-order valence-corrected chi connectivity index (χ1v) is 12.2. The molecule has 0 spiro atoms. The van der Waals surface area contributed by atoms with Crippen LogP contribution in [0.25, 0.3) is 16.7 Å². The number of aryl methyl sites for hydroxylation is 3. The molecule has 0 amide bonds. The Bertz CT molecular complexity index is 1410. The topological polar surface area (TPSA) is 78.6 Å². The van der Waals surface area contributed by atoms with Crippen molar-refractivity contribution in [3.05, 3.63) is 80.3 Å². The minimum absolute atomic E-state index is 0.0445. The lowest BCUT2D eigenvalue weighted by Gasteiger charge is -2.34. The van der Waals surface area contributed by atoms with E-state index in [2.05, 4.69) is 50.1 Å². The van der Waals surface area contributed by atoms with Crippen molar-refractivity contribution in [3.8, 4) is 0 Å². The number of nitrogens with zero attached hydrogens (tertiary/aromatic N) is 5. The highest BCUT2D eigenvalue weighted by molar-refractivity contribution is 5.76. The number of pyridine rings is 1. The zero-order valence-electron chi connectivity index (χ0n) is 20.0. The van der Waals surface area contributed by atoms with E-state index in [1.54, 1.807) is 10.6 Å². The molecule has 4 heterocycles. The summed E-state index contributed by atoms with van der Waals surface area (Å²) >= 11 is 0. The van der Waals surface area contributed by atoms with Gasteiger partial charge in [-0.3, -0.25) is 18.9 Å². The summed E-state index contributed by atoms with van der Waals surface area (Å²) in [5, 5.41) is 0. The van der Waals surface area contributed by atoms with Crippen molar-refractivity contribution in [2.24, 2.45) is 0 Å². The molecule has 0 saturated carbocycles. The Morgan fingerprint density at radius 2 is 1.68 bits per heavy atom.